The summed E-state index contributed by atoms with van der Waals surface area (Å²) in [5.41, 5.74) is -0.449. The Morgan fingerprint density at radius 2 is 1.94 bits per heavy atom. The monoisotopic (exact) mass is 259 g/mol. The van der Waals surface area contributed by atoms with E-state index in [9.17, 15) is 4.79 Å². The van der Waals surface area contributed by atoms with E-state index in [1.54, 1.807) is 4.90 Å². The lowest BCUT2D eigenvalue weighted by Gasteiger charge is -2.34. The van der Waals surface area contributed by atoms with Crippen molar-refractivity contribution >= 4 is 6.09 Å². The van der Waals surface area contributed by atoms with Crippen LogP contribution in [0.3, 0.4) is 0 Å². The molecule has 1 rings (SSSR count). The van der Waals surface area contributed by atoms with E-state index in [1.807, 2.05) is 27.7 Å². The smallest absolute Gasteiger partial charge is 0.410 e. The van der Waals surface area contributed by atoms with E-state index < -0.39 is 5.60 Å². The Morgan fingerprint density at radius 1 is 1.39 bits per heavy atom. The van der Waals surface area contributed by atoms with Gasteiger partial charge in [-0.3, -0.25) is 0 Å². The standard InChI is InChI=1S/C13H25NO4/c1-10(9-15)17-11-5-7-14(8-6-11)12(16)18-13(2,3)4/h10-11,15H,5-9H2,1-4H3/t10-/m0/s1. The summed E-state index contributed by atoms with van der Waals surface area (Å²) in [5, 5.41) is 8.92. The summed E-state index contributed by atoms with van der Waals surface area (Å²) in [6.07, 6.45) is 1.33. The van der Waals surface area contributed by atoms with E-state index in [2.05, 4.69) is 0 Å². The summed E-state index contributed by atoms with van der Waals surface area (Å²) in [6, 6.07) is 0. The molecule has 1 heterocycles. The van der Waals surface area contributed by atoms with Crippen LogP contribution in [0.15, 0.2) is 0 Å². The van der Waals surface area contributed by atoms with Crippen LogP contribution in [-0.2, 0) is 9.47 Å². The Labute approximate surface area is 109 Å². The number of piperidine rings is 1. The summed E-state index contributed by atoms with van der Waals surface area (Å²) in [5.74, 6) is 0. The number of likely N-dealkylation sites (tertiary alicyclic amines) is 1. The van der Waals surface area contributed by atoms with Crippen molar-refractivity contribution in [2.24, 2.45) is 0 Å². The zero-order chi connectivity index (χ0) is 13.8. The van der Waals surface area contributed by atoms with Crippen LogP contribution < -0.4 is 0 Å². The fraction of sp³-hybridized carbons (Fsp3) is 0.923. The second-order valence-electron chi connectivity index (χ2n) is 5.80. The fourth-order valence-corrected chi connectivity index (χ4v) is 1.87. The van der Waals surface area contributed by atoms with E-state index in [4.69, 9.17) is 14.6 Å². The minimum absolute atomic E-state index is 0.0340. The molecule has 1 N–H and O–H groups in total. The molecular weight excluding hydrogens is 234 g/mol. The van der Waals surface area contributed by atoms with Gasteiger partial charge in [0.1, 0.15) is 5.60 Å². The molecule has 1 fully saturated rings. The van der Waals surface area contributed by atoms with Crippen molar-refractivity contribution in [3.05, 3.63) is 0 Å². The van der Waals surface area contributed by atoms with Gasteiger partial charge in [0.05, 0.1) is 18.8 Å². The van der Waals surface area contributed by atoms with Crippen LogP contribution in [0.1, 0.15) is 40.5 Å². The Balaban J connectivity index is 2.33. The number of nitrogens with zero attached hydrogens (tertiary/aromatic N) is 1. The second kappa shape index (κ2) is 6.38. The number of hydrogen-bond acceptors (Lipinski definition) is 4. The molecule has 0 bridgehead atoms. The van der Waals surface area contributed by atoms with E-state index in [-0.39, 0.29) is 24.9 Å². The molecule has 1 aliphatic rings. The third-order valence-electron chi connectivity index (χ3n) is 2.78. The number of ether oxygens (including phenoxy) is 2. The Hall–Kier alpha value is -0.810. The molecule has 5 nitrogen and oxygen atoms in total. The number of carbonyl (C=O) groups excluding carboxylic acids is 1. The lowest BCUT2D eigenvalue weighted by Crippen LogP contribution is -2.44. The molecule has 1 saturated heterocycles. The van der Waals surface area contributed by atoms with Crippen LogP contribution in [0.25, 0.3) is 0 Å². The Morgan fingerprint density at radius 3 is 2.39 bits per heavy atom. The number of rotatable bonds is 3. The lowest BCUT2D eigenvalue weighted by molar-refractivity contribution is -0.0564. The summed E-state index contributed by atoms with van der Waals surface area (Å²) >= 11 is 0. The predicted octanol–water partition coefficient (Wildman–Crippen LogP) is 1.78. The first-order chi connectivity index (χ1) is 8.31. The average Bonchev–Trinajstić information content (AvgIpc) is 2.27. The van der Waals surface area contributed by atoms with Gasteiger partial charge in [-0.1, -0.05) is 0 Å². The van der Waals surface area contributed by atoms with Crippen LogP contribution in [0.4, 0.5) is 4.79 Å². The van der Waals surface area contributed by atoms with Crippen molar-refractivity contribution in [1.29, 1.82) is 0 Å². The van der Waals surface area contributed by atoms with Crippen molar-refractivity contribution in [3.8, 4) is 0 Å². The molecule has 0 aliphatic carbocycles. The van der Waals surface area contributed by atoms with Gasteiger partial charge < -0.3 is 19.5 Å². The van der Waals surface area contributed by atoms with Gasteiger partial charge in [-0.25, -0.2) is 4.79 Å². The molecule has 5 heteroatoms. The van der Waals surface area contributed by atoms with Crippen molar-refractivity contribution in [3.63, 3.8) is 0 Å². The number of aliphatic hydroxyl groups is 1. The summed E-state index contributed by atoms with van der Waals surface area (Å²) in [7, 11) is 0. The van der Waals surface area contributed by atoms with Crippen molar-refractivity contribution in [1.82, 2.24) is 4.90 Å². The van der Waals surface area contributed by atoms with E-state index >= 15 is 0 Å². The molecular formula is C13H25NO4. The number of hydrogen-bond donors (Lipinski definition) is 1. The molecule has 1 amide bonds. The first-order valence-corrected chi connectivity index (χ1v) is 6.56. The topological polar surface area (TPSA) is 59.0 Å². The van der Waals surface area contributed by atoms with Gasteiger partial charge in [-0.15, -0.1) is 0 Å². The zero-order valence-corrected chi connectivity index (χ0v) is 11.8. The highest BCUT2D eigenvalue weighted by Gasteiger charge is 2.27. The summed E-state index contributed by atoms with van der Waals surface area (Å²) in [6.45, 7) is 8.78. The highest BCUT2D eigenvalue weighted by Crippen LogP contribution is 2.18. The van der Waals surface area contributed by atoms with Gasteiger partial charge in [0.15, 0.2) is 0 Å². The minimum Gasteiger partial charge on any atom is -0.444 e. The molecule has 0 spiro atoms. The quantitative estimate of drug-likeness (QED) is 0.839. The average molecular weight is 259 g/mol. The molecule has 0 aromatic heterocycles. The maximum atomic E-state index is 11.8. The minimum atomic E-state index is -0.449. The van der Waals surface area contributed by atoms with E-state index in [0.717, 1.165) is 12.8 Å². The highest BCUT2D eigenvalue weighted by atomic mass is 16.6. The number of aliphatic hydroxyl groups excluding tert-OH is 1. The molecule has 0 aromatic carbocycles. The Kier molecular flexibility index (Phi) is 5.41. The molecule has 106 valence electrons. The van der Waals surface area contributed by atoms with Crippen LogP contribution in [-0.4, -0.2) is 53.6 Å². The van der Waals surface area contributed by atoms with E-state index in [0.29, 0.717) is 13.1 Å². The molecule has 1 aliphatic heterocycles. The van der Waals surface area contributed by atoms with E-state index in [1.165, 1.54) is 0 Å². The molecule has 0 saturated carbocycles. The summed E-state index contributed by atoms with van der Waals surface area (Å²) < 4.78 is 11.0. The van der Waals surface area contributed by atoms with Crippen LogP contribution >= 0.6 is 0 Å². The zero-order valence-electron chi connectivity index (χ0n) is 11.8. The lowest BCUT2D eigenvalue weighted by atomic mass is 10.1. The van der Waals surface area contributed by atoms with Gasteiger partial charge in [0, 0.05) is 13.1 Å². The SMILES string of the molecule is C[C@@H](CO)OC1CCN(C(=O)OC(C)(C)C)CC1. The third kappa shape index (κ3) is 5.23. The van der Waals surface area contributed by atoms with Crippen molar-refractivity contribution in [2.45, 2.75) is 58.3 Å². The maximum absolute atomic E-state index is 11.8. The third-order valence-corrected chi connectivity index (χ3v) is 2.78. The fourth-order valence-electron chi connectivity index (χ4n) is 1.87. The highest BCUT2D eigenvalue weighted by molar-refractivity contribution is 5.68. The molecule has 0 unspecified atom stereocenters. The number of amides is 1. The molecule has 0 radical (unpaired) electrons. The first kappa shape index (κ1) is 15.2. The van der Waals surface area contributed by atoms with Gasteiger partial charge in [-0.2, -0.15) is 0 Å². The predicted molar refractivity (Wildman–Crippen MR) is 68.5 cm³/mol. The van der Waals surface area contributed by atoms with Crippen LogP contribution in [0.5, 0.6) is 0 Å². The Bertz CT molecular complexity index is 267. The normalized spacial score (nSPS) is 19.7. The van der Waals surface area contributed by atoms with Crippen LogP contribution in [0, 0.1) is 0 Å². The van der Waals surface area contributed by atoms with Gasteiger partial charge in [-0.05, 0) is 40.5 Å². The molecule has 1 atom stereocenters. The van der Waals surface area contributed by atoms with Crippen molar-refractivity contribution in [2.75, 3.05) is 19.7 Å². The molecule has 18 heavy (non-hydrogen) atoms. The molecule has 0 aromatic rings. The first-order valence-electron chi connectivity index (χ1n) is 6.56. The summed E-state index contributed by atoms with van der Waals surface area (Å²) in [4.78, 5) is 13.5. The maximum Gasteiger partial charge on any atom is 0.410 e. The van der Waals surface area contributed by atoms with Gasteiger partial charge in [0.2, 0.25) is 0 Å². The van der Waals surface area contributed by atoms with Crippen molar-refractivity contribution < 1.29 is 19.4 Å². The van der Waals surface area contributed by atoms with Gasteiger partial charge >= 0.3 is 6.09 Å². The van der Waals surface area contributed by atoms with Gasteiger partial charge in [0.25, 0.3) is 0 Å². The number of carbonyl (C=O) groups is 1. The second-order valence-corrected chi connectivity index (χ2v) is 5.80. The van der Waals surface area contributed by atoms with Crippen LogP contribution in [0.2, 0.25) is 0 Å². The largest absolute Gasteiger partial charge is 0.444 e.